The number of nitrogens with zero attached hydrogens (tertiary/aromatic N) is 1. The van der Waals surface area contributed by atoms with E-state index in [2.05, 4.69) is 4.74 Å². The lowest BCUT2D eigenvalue weighted by Gasteiger charge is -2.24. The number of rotatable bonds is 3. The standard InChI is InChI=1S/C13H12F4N2O2S/c1-21-12(14,13(15,16)17)11(20)19-10-8(6-18)7-4-2-3-5-9(7)22-10/h2-5H2,1H3,(H,19,20). The van der Waals surface area contributed by atoms with Gasteiger partial charge >= 0.3 is 17.9 Å². The summed E-state index contributed by atoms with van der Waals surface area (Å²) in [5.74, 6) is -6.44. The maximum atomic E-state index is 13.8. The molecule has 120 valence electrons. The van der Waals surface area contributed by atoms with Crippen molar-refractivity contribution >= 4 is 22.2 Å². The van der Waals surface area contributed by atoms with Crippen LogP contribution in [0.25, 0.3) is 0 Å². The van der Waals surface area contributed by atoms with E-state index in [1.807, 2.05) is 11.4 Å². The molecule has 22 heavy (non-hydrogen) atoms. The van der Waals surface area contributed by atoms with Crippen LogP contribution in [-0.4, -0.2) is 25.0 Å². The molecular formula is C13H12F4N2O2S. The van der Waals surface area contributed by atoms with Crippen LogP contribution in [-0.2, 0) is 22.4 Å². The minimum atomic E-state index is -5.52. The van der Waals surface area contributed by atoms with Crippen LogP contribution in [0.5, 0.6) is 0 Å². The van der Waals surface area contributed by atoms with Gasteiger partial charge in [0, 0.05) is 12.0 Å². The van der Waals surface area contributed by atoms with Crippen molar-refractivity contribution in [1.82, 2.24) is 0 Å². The van der Waals surface area contributed by atoms with Gasteiger partial charge < -0.3 is 10.1 Å². The summed E-state index contributed by atoms with van der Waals surface area (Å²) < 4.78 is 55.5. The molecule has 1 heterocycles. The third-order valence-corrected chi connectivity index (χ3v) is 4.66. The quantitative estimate of drug-likeness (QED) is 0.862. The Morgan fingerprint density at radius 2 is 1.95 bits per heavy atom. The first-order valence-corrected chi connectivity index (χ1v) is 7.23. The van der Waals surface area contributed by atoms with E-state index in [0.29, 0.717) is 20.0 Å². The fourth-order valence-electron chi connectivity index (χ4n) is 2.29. The molecule has 1 amide bonds. The molecule has 1 aliphatic rings. The second kappa shape index (κ2) is 5.85. The number of nitriles is 1. The second-order valence-corrected chi connectivity index (χ2v) is 5.88. The van der Waals surface area contributed by atoms with Gasteiger partial charge in [0.25, 0.3) is 0 Å². The van der Waals surface area contributed by atoms with Gasteiger partial charge in [-0.15, -0.1) is 11.3 Å². The number of carbonyl (C=O) groups is 1. The second-order valence-electron chi connectivity index (χ2n) is 4.78. The Bertz CT molecular complexity index is 635. The van der Waals surface area contributed by atoms with Gasteiger partial charge in [-0.1, -0.05) is 0 Å². The first-order valence-electron chi connectivity index (χ1n) is 6.41. The Balaban J connectivity index is 2.33. The highest BCUT2D eigenvalue weighted by molar-refractivity contribution is 7.16. The highest BCUT2D eigenvalue weighted by Crippen LogP contribution is 2.40. The third kappa shape index (κ3) is 2.68. The minimum absolute atomic E-state index is 0.0669. The summed E-state index contributed by atoms with van der Waals surface area (Å²) in [6.45, 7) is 0. The van der Waals surface area contributed by atoms with Crippen molar-refractivity contribution in [2.24, 2.45) is 0 Å². The molecule has 1 unspecified atom stereocenters. The summed E-state index contributed by atoms with van der Waals surface area (Å²) in [6, 6.07) is 1.87. The van der Waals surface area contributed by atoms with E-state index in [4.69, 9.17) is 5.26 Å². The molecule has 0 spiro atoms. The average molecular weight is 336 g/mol. The van der Waals surface area contributed by atoms with E-state index in [1.165, 1.54) is 0 Å². The number of methoxy groups -OCH3 is 1. The van der Waals surface area contributed by atoms with Crippen LogP contribution in [0.15, 0.2) is 0 Å². The molecule has 1 aromatic rings. The Morgan fingerprint density at radius 1 is 1.32 bits per heavy atom. The van der Waals surface area contributed by atoms with E-state index < -0.39 is 17.9 Å². The van der Waals surface area contributed by atoms with Crippen molar-refractivity contribution in [2.75, 3.05) is 12.4 Å². The zero-order valence-corrected chi connectivity index (χ0v) is 12.3. The summed E-state index contributed by atoms with van der Waals surface area (Å²) in [7, 11) is 0.456. The highest BCUT2D eigenvalue weighted by Gasteiger charge is 2.63. The SMILES string of the molecule is COC(F)(C(=O)Nc1sc2c(c1C#N)CCCC2)C(F)(F)F. The zero-order valence-electron chi connectivity index (χ0n) is 11.5. The summed E-state index contributed by atoms with van der Waals surface area (Å²) >= 11 is 1.01. The molecule has 1 aromatic heterocycles. The van der Waals surface area contributed by atoms with Crippen LogP contribution < -0.4 is 5.32 Å². The van der Waals surface area contributed by atoms with Gasteiger partial charge in [-0.3, -0.25) is 4.79 Å². The van der Waals surface area contributed by atoms with Crippen molar-refractivity contribution in [3.63, 3.8) is 0 Å². The topological polar surface area (TPSA) is 62.1 Å². The molecule has 0 aromatic carbocycles. The monoisotopic (exact) mass is 336 g/mol. The molecule has 0 saturated carbocycles. The number of anilines is 1. The highest BCUT2D eigenvalue weighted by atomic mass is 32.1. The van der Waals surface area contributed by atoms with E-state index in [0.717, 1.165) is 34.6 Å². The number of fused-ring (bicyclic) bond motifs is 1. The van der Waals surface area contributed by atoms with Crippen LogP contribution in [0.3, 0.4) is 0 Å². The number of thiophene rings is 1. The number of nitrogens with one attached hydrogen (secondary N) is 1. The van der Waals surface area contributed by atoms with E-state index >= 15 is 0 Å². The van der Waals surface area contributed by atoms with Crippen molar-refractivity contribution in [2.45, 2.75) is 37.7 Å². The molecule has 0 bridgehead atoms. The Morgan fingerprint density at radius 3 is 2.50 bits per heavy atom. The maximum absolute atomic E-state index is 13.8. The summed E-state index contributed by atoms with van der Waals surface area (Å²) in [4.78, 5) is 12.5. The fraction of sp³-hybridized carbons (Fsp3) is 0.538. The van der Waals surface area contributed by atoms with Crippen LogP contribution in [0, 0.1) is 11.3 Å². The van der Waals surface area contributed by atoms with E-state index in [-0.39, 0.29) is 10.6 Å². The van der Waals surface area contributed by atoms with Crippen molar-refractivity contribution in [3.8, 4) is 6.07 Å². The molecule has 2 rings (SSSR count). The number of hydrogen-bond donors (Lipinski definition) is 1. The molecule has 1 atom stereocenters. The molecule has 1 N–H and O–H groups in total. The van der Waals surface area contributed by atoms with Crippen LogP contribution in [0.1, 0.15) is 28.8 Å². The lowest BCUT2D eigenvalue weighted by Crippen LogP contribution is -2.52. The summed E-state index contributed by atoms with van der Waals surface area (Å²) in [5.41, 5.74) is 0.830. The normalized spacial score (nSPS) is 17.3. The fourth-order valence-corrected chi connectivity index (χ4v) is 3.53. The summed E-state index contributed by atoms with van der Waals surface area (Å²) in [5, 5.41) is 10.9. The van der Waals surface area contributed by atoms with Gasteiger partial charge in [0.15, 0.2) is 0 Å². The number of aryl methyl sites for hydroxylation is 1. The average Bonchev–Trinajstić information content (AvgIpc) is 2.81. The van der Waals surface area contributed by atoms with E-state index in [1.54, 1.807) is 0 Å². The van der Waals surface area contributed by atoms with Crippen LogP contribution in [0.2, 0.25) is 0 Å². The van der Waals surface area contributed by atoms with Gasteiger partial charge in [-0.25, -0.2) is 0 Å². The Labute approximate surface area is 127 Å². The molecule has 1 aliphatic carbocycles. The Kier molecular flexibility index (Phi) is 4.44. The first-order chi connectivity index (χ1) is 10.2. The lowest BCUT2D eigenvalue weighted by molar-refractivity contribution is -0.305. The predicted octanol–water partition coefficient (Wildman–Crippen LogP) is 3.31. The summed E-state index contributed by atoms with van der Waals surface area (Å²) in [6.07, 6.45) is -2.45. The smallest absolute Gasteiger partial charge is 0.335 e. The number of alkyl halides is 4. The lowest BCUT2D eigenvalue weighted by atomic mass is 9.96. The van der Waals surface area contributed by atoms with Crippen LogP contribution in [0.4, 0.5) is 22.6 Å². The van der Waals surface area contributed by atoms with Gasteiger partial charge in [-0.2, -0.15) is 22.8 Å². The van der Waals surface area contributed by atoms with Crippen molar-refractivity contribution in [3.05, 3.63) is 16.0 Å². The molecule has 0 saturated heterocycles. The number of amides is 1. The van der Waals surface area contributed by atoms with E-state index in [9.17, 15) is 22.4 Å². The maximum Gasteiger partial charge on any atom is 0.458 e. The van der Waals surface area contributed by atoms with Crippen molar-refractivity contribution in [1.29, 1.82) is 5.26 Å². The van der Waals surface area contributed by atoms with Gasteiger partial charge in [0.05, 0.1) is 5.56 Å². The predicted molar refractivity (Wildman–Crippen MR) is 71.2 cm³/mol. The molecule has 9 heteroatoms. The third-order valence-electron chi connectivity index (χ3n) is 3.45. The molecule has 0 aliphatic heterocycles. The number of ether oxygens (including phenoxy) is 1. The zero-order chi connectivity index (χ0) is 16.5. The Hall–Kier alpha value is -1.66. The van der Waals surface area contributed by atoms with Gasteiger partial charge in [0.2, 0.25) is 0 Å². The largest absolute Gasteiger partial charge is 0.458 e. The van der Waals surface area contributed by atoms with Gasteiger partial charge in [0.1, 0.15) is 11.1 Å². The molecule has 0 radical (unpaired) electrons. The minimum Gasteiger partial charge on any atom is -0.335 e. The van der Waals surface area contributed by atoms with Gasteiger partial charge in [-0.05, 0) is 31.2 Å². The first kappa shape index (κ1) is 16.7. The molecular weight excluding hydrogens is 324 g/mol. The number of halogens is 4. The number of carbonyl (C=O) groups excluding carboxylic acids is 1. The molecule has 0 fully saturated rings. The van der Waals surface area contributed by atoms with Crippen molar-refractivity contribution < 1.29 is 27.1 Å². The number of hydrogen-bond acceptors (Lipinski definition) is 4. The van der Waals surface area contributed by atoms with Crippen LogP contribution >= 0.6 is 11.3 Å². The molecule has 4 nitrogen and oxygen atoms in total.